The number of carbonyl (C=O) groups is 1. The Morgan fingerprint density at radius 3 is 3.24 bits per heavy atom. The van der Waals surface area contributed by atoms with E-state index in [9.17, 15) is 9.90 Å². The quantitative estimate of drug-likeness (QED) is 0.603. The third kappa shape index (κ3) is 2.80. The van der Waals surface area contributed by atoms with E-state index in [-0.39, 0.29) is 11.9 Å². The van der Waals surface area contributed by atoms with Gasteiger partial charge in [0.25, 0.3) is 0 Å². The van der Waals surface area contributed by atoms with E-state index < -0.39 is 6.10 Å². The maximum Gasteiger partial charge on any atom is 0.237 e. The average Bonchev–Trinajstić information content (AvgIpc) is 2.94. The summed E-state index contributed by atoms with van der Waals surface area (Å²) in [5, 5.41) is 22.8. The summed E-state index contributed by atoms with van der Waals surface area (Å²) in [6.45, 7) is 3.60. The normalized spacial score (nSPS) is 23.9. The van der Waals surface area contributed by atoms with Crippen molar-refractivity contribution < 1.29 is 9.90 Å². The van der Waals surface area contributed by atoms with Crippen LogP contribution in [0.15, 0.2) is 6.33 Å². The molecule has 1 aromatic rings. The van der Waals surface area contributed by atoms with Crippen LogP contribution in [-0.2, 0) is 17.9 Å². The molecule has 7 heteroatoms. The van der Waals surface area contributed by atoms with Crippen LogP contribution in [-0.4, -0.2) is 44.5 Å². The van der Waals surface area contributed by atoms with E-state index in [2.05, 4.69) is 20.8 Å². The molecule has 1 amide bonds. The number of aryl methyl sites for hydroxylation is 1. The maximum absolute atomic E-state index is 11.7. The van der Waals surface area contributed by atoms with Crippen LogP contribution in [0.4, 0.5) is 0 Å². The summed E-state index contributed by atoms with van der Waals surface area (Å²) >= 11 is 0. The van der Waals surface area contributed by atoms with E-state index >= 15 is 0 Å². The molecule has 1 fully saturated rings. The number of nitrogens with one attached hydrogen (secondary N) is 2. The number of aromatic nitrogens is 3. The van der Waals surface area contributed by atoms with Crippen molar-refractivity contribution in [3.63, 3.8) is 0 Å². The zero-order valence-corrected chi connectivity index (χ0v) is 9.76. The van der Waals surface area contributed by atoms with Crippen LogP contribution in [0.1, 0.15) is 19.2 Å². The van der Waals surface area contributed by atoms with Crippen LogP contribution in [0, 0.1) is 0 Å². The highest BCUT2D eigenvalue weighted by atomic mass is 16.3. The van der Waals surface area contributed by atoms with Gasteiger partial charge in [0.1, 0.15) is 6.33 Å². The summed E-state index contributed by atoms with van der Waals surface area (Å²) in [7, 11) is 0. The van der Waals surface area contributed by atoms with Gasteiger partial charge in [-0.3, -0.25) is 4.79 Å². The molecule has 1 aliphatic heterocycles. The first-order valence-electron chi connectivity index (χ1n) is 5.76. The minimum absolute atomic E-state index is 0.104. The van der Waals surface area contributed by atoms with Crippen LogP contribution in [0.5, 0.6) is 0 Å². The molecule has 1 saturated heterocycles. The summed E-state index contributed by atoms with van der Waals surface area (Å²) in [4.78, 5) is 11.7. The third-order valence-electron chi connectivity index (χ3n) is 2.88. The first-order chi connectivity index (χ1) is 8.20. The van der Waals surface area contributed by atoms with Gasteiger partial charge in [0, 0.05) is 13.1 Å². The fourth-order valence-electron chi connectivity index (χ4n) is 1.89. The van der Waals surface area contributed by atoms with Gasteiger partial charge in [-0.05, 0) is 13.3 Å². The molecule has 0 saturated carbocycles. The highest BCUT2D eigenvalue weighted by molar-refractivity contribution is 5.82. The second-order valence-corrected chi connectivity index (χ2v) is 4.10. The van der Waals surface area contributed by atoms with E-state index in [0.29, 0.717) is 19.5 Å². The maximum atomic E-state index is 11.7. The molecule has 2 heterocycles. The molecule has 2 unspecified atom stereocenters. The Balaban J connectivity index is 1.84. The van der Waals surface area contributed by atoms with E-state index in [4.69, 9.17) is 0 Å². The fraction of sp³-hybridized carbons (Fsp3) is 0.700. The minimum atomic E-state index is -0.426. The lowest BCUT2D eigenvalue weighted by Gasteiger charge is -2.10. The van der Waals surface area contributed by atoms with Crippen LogP contribution >= 0.6 is 0 Å². The van der Waals surface area contributed by atoms with Gasteiger partial charge in [0.15, 0.2) is 5.82 Å². The van der Waals surface area contributed by atoms with E-state index in [1.54, 1.807) is 6.33 Å². The first-order valence-corrected chi connectivity index (χ1v) is 5.76. The Morgan fingerprint density at radius 1 is 1.76 bits per heavy atom. The minimum Gasteiger partial charge on any atom is -0.392 e. The molecule has 1 aliphatic rings. The number of rotatable bonds is 4. The highest BCUT2D eigenvalue weighted by Crippen LogP contribution is 2.06. The molecule has 0 bridgehead atoms. The van der Waals surface area contributed by atoms with Crippen LogP contribution in [0.2, 0.25) is 0 Å². The summed E-state index contributed by atoms with van der Waals surface area (Å²) in [6.07, 6.45) is 1.68. The summed E-state index contributed by atoms with van der Waals surface area (Å²) in [6, 6.07) is -0.303. The van der Waals surface area contributed by atoms with Crippen molar-refractivity contribution in [2.24, 2.45) is 0 Å². The van der Waals surface area contributed by atoms with Gasteiger partial charge >= 0.3 is 0 Å². The molecule has 1 aromatic heterocycles. The van der Waals surface area contributed by atoms with Crippen molar-refractivity contribution in [3.8, 4) is 0 Å². The molecule has 0 aromatic carbocycles. The van der Waals surface area contributed by atoms with Crippen LogP contribution < -0.4 is 10.6 Å². The highest BCUT2D eigenvalue weighted by Gasteiger charge is 2.27. The number of nitrogens with zero attached hydrogens (tertiary/aromatic N) is 3. The fourth-order valence-corrected chi connectivity index (χ4v) is 1.89. The van der Waals surface area contributed by atoms with Crippen molar-refractivity contribution in [3.05, 3.63) is 12.2 Å². The molecule has 2 rings (SSSR count). The molecule has 7 nitrogen and oxygen atoms in total. The third-order valence-corrected chi connectivity index (χ3v) is 2.88. The van der Waals surface area contributed by atoms with Gasteiger partial charge < -0.3 is 20.3 Å². The lowest BCUT2D eigenvalue weighted by Crippen LogP contribution is -2.40. The molecule has 0 aliphatic carbocycles. The monoisotopic (exact) mass is 239 g/mol. The zero-order valence-electron chi connectivity index (χ0n) is 9.76. The van der Waals surface area contributed by atoms with Crippen molar-refractivity contribution >= 4 is 5.91 Å². The Labute approximate surface area is 99.2 Å². The van der Waals surface area contributed by atoms with Crippen molar-refractivity contribution in [2.45, 2.75) is 38.6 Å². The smallest absolute Gasteiger partial charge is 0.237 e. The summed E-state index contributed by atoms with van der Waals surface area (Å²) in [5.74, 6) is 0.631. The predicted octanol–water partition coefficient (Wildman–Crippen LogP) is -1.36. The van der Waals surface area contributed by atoms with Gasteiger partial charge in [-0.2, -0.15) is 0 Å². The van der Waals surface area contributed by atoms with E-state index in [1.807, 2.05) is 11.5 Å². The van der Waals surface area contributed by atoms with Gasteiger partial charge in [-0.15, -0.1) is 10.2 Å². The van der Waals surface area contributed by atoms with E-state index in [0.717, 1.165) is 12.4 Å². The lowest BCUT2D eigenvalue weighted by molar-refractivity contribution is -0.123. The number of hydrogen-bond acceptors (Lipinski definition) is 5. The van der Waals surface area contributed by atoms with E-state index in [1.165, 1.54) is 0 Å². The summed E-state index contributed by atoms with van der Waals surface area (Å²) < 4.78 is 1.87. The molecule has 0 radical (unpaired) electrons. The molecule has 94 valence electrons. The number of aliphatic hydroxyl groups excluding tert-OH is 1. The SMILES string of the molecule is CCn1cnnc1CNC(=O)C1CC(O)CN1. The Bertz CT molecular complexity index is 392. The molecular weight excluding hydrogens is 222 g/mol. The van der Waals surface area contributed by atoms with Crippen molar-refractivity contribution in [1.29, 1.82) is 0 Å². The second kappa shape index (κ2) is 5.24. The molecule has 17 heavy (non-hydrogen) atoms. The molecule has 0 spiro atoms. The second-order valence-electron chi connectivity index (χ2n) is 4.10. The van der Waals surface area contributed by atoms with Crippen LogP contribution in [0.3, 0.4) is 0 Å². The largest absolute Gasteiger partial charge is 0.392 e. The van der Waals surface area contributed by atoms with Crippen LogP contribution in [0.25, 0.3) is 0 Å². The number of hydrogen-bond donors (Lipinski definition) is 3. The van der Waals surface area contributed by atoms with Gasteiger partial charge in [0.2, 0.25) is 5.91 Å². The van der Waals surface area contributed by atoms with Gasteiger partial charge in [-0.1, -0.05) is 0 Å². The Kier molecular flexibility index (Phi) is 3.70. The number of β-amino-alcohol motifs (C(OH)–C–C–N with tert-alkyl or cyclic N) is 1. The Morgan fingerprint density at radius 2 is 2.59 bits per heavy atom. The zero-order chi connectivity index (χ0) is 12.3. The van der Waals surface area contributed by atoms with Crippen molar-refractivity contribution in [2.75, 3.05) is 6.54 Å². The van der Waals surface area contributed by atoms with Gasteiger partial charge in [-0.25, -0.2) is 0 Å². The first kappa shape index (κ1) is 12.0. The topological polar surface area (TPSA) is 92.1 Å². The number of aliphatic hydroxyl groups is 1. The average molecular weight is 239 g/mol. The number of carbonyl (C=O) groups excluding carboxylic acids is 1. The van der Waals surface area contributed by atoms with Gasteiger partial charge in [0.05, 0.1) is 18.7 Å². The number of amides is 1. The predicted molar refractivity (Wildman–Crippen MR) is 60.0 cm³/mol. The lowest BCUT2D eigenvalue weighted by atomic mass is 10.2. The summed E-state index contributed by atoms with van der Waals surface area (Å²) in [5.41, 5.74) is 0. The molecule has 3 N–H and O–H groups in total. The standard InChI is InChI=1S/C10H17N5O2/c1-2-15-6-13-14-9(15)5-12-10(17)8-3-7(16)4-11-8/h6-8,11,16H,2-5H2,1H3,(H,12,17). The molecular formula is C10H17N5O2. The Hall–Kier alpha value is -1.47. The van der Waals surface area contributed by atoms with Crippen molar-refractivity contribution in [1.82, 2.24) is 25.4 Å². The molecule has 2 atom stereocenters.